The smallest absolute Gasteiger partial charge is 0.415 e. The number of benzene rings is 2. The highest BCUT2D eigenvalue weighted by atomic mass is 35.5. The molecule has 0 aliphatic carbocycles. The van der Waals surface area contributed by atoms with Crippen molar-refractivity contribution < 1.29 is 14.3 Å². The van der Waals surface area contributed by atoms with Crippen LogP contribution in [0.2, 0.25) is 5.02 Å². The molecule has 2 amide bonds. The highest BCUT2D eigenvalue weighted by Gasteiger charge is 2.46. The van der Waals surface area contributed by atoms with Crippen molar-refractivity contribution in [2.75, 3.05) is 24.5 Å². The number of aromatic nitrogens is 2. The van der Waals surface area contributed by atoms with Crippen LogP contribution in [0, 0.1) is 0 Å². The first kappa shape index (κ1) is 21.5. The molecule has 1 spiro atoms. The molecule has 3 heterocycles. The predicted octanol–water partition coefficient (Wildman–Crippen LogP) is 4.61. The van der Waals surface area contributed by atoms with Gasteiger partial charge in [0.05, 0.1) is 13.1 Å². The van der Waals surface area contributed by atoms with Crippen LogP contribution in [-0.2, 0) is 11.3 Å². The third-order valence-corrected chi connectivity index (χ3v) is 6.65. The minimum atomic E-state index is -0.594. The van der Waals surface area contributed by atoms with E-state index in [-0.39, 0.29) is 12.0 Å². The third-order valence-electron chi connectivity index (χ3n) is 6.41. The average Bonchev–Trinajstić information content (AvgIpc) is 3.38. The van der Waals surface area contributed by atoms with Gasteiger partial charge in [-0.3, -0.25) is 14.4 Å². The Morgan fingerprint density at radius 2 is 1.97 bits per heavy atom. The Morgan fingerprint density at radius 1 is 1.09 bits per heavy atom. The molecule has 2 fully saturated rings. The van der Waals surface area contributed by atoms with Crippen LogP contribution in [0.15, 0.2) is 67.0 Å². The Kier molecular flexibility index (Phi) is 5.81. The maximum atomic E-state index is 13.5. The van der Waals surface area contributed by atoms with Gasteiger partial charge in [-0.05, 0) is 48.7 Å². The fourth-order valence-corrected chi connectivity index (χ4v) is 4.89. The molecule has 8 heteroatoms. The highest BCUT2D eigenvalue weighted by Crippen LogP contribution is 2.36. The Balaban J connectivity index is 1.30. The molecule has 1 aromatic heterocycles. The van der Waals surface area contributed by atoms with E-state index in [1.54, 1.807) is 23.2 Å². The van der Waals surface area contributed by atoms with Gasteiger partial charge in [0.25, 0.3) is 5.91 Å². The van der Waals surface area contributed by atoms with E-state index in [1.165, 1.54) is 0 Å². The number of amides is 2. The summed E-state index contributed by atoms with van der Waals surface area (Å²) in [6.07, 6.45) is 5.34. The summed E-state index contributed by atoms with van der Waals surface area (Å²) in [7, 11) is 0. The monoisotopic (exact) mass is 464 g/mol. The lowest BCUT2D eigenvalue weighted by Gasteiger charge is -2.26. The van der Waals surface area contributed by atoms with E-state index in [4.69, 9.17) is 16.3 Å². The highest BCUT2D eigenvalue weighted by molar-refractivity contribution is 6.30. The second-order valence-corrected chi connectivity index (χ2v) is 9.06. The van der Waals surface area contributed by atoms with Crippen LogP contribution in [0.3, 0.4) is 0 Å². The van der Waals surface area contributed by atoms with Crippen molar-refractivity contribution in [1.29, 1.82) is 0 Å². The number of hydrogen-bond donors (Lipinski definition) is 0. The van der Waals surface area contributed by atoms with Crippen LogP contribution in [0.4, 0.5) is 10.5 Å². The molecule has 7 nitrogen and oxygen atoms in total. The zero-order chi connectivity index (χ0) is 22.8. The van der Waals surface area contributed by atoms with E-state index in [1.807, 2.05) is 58.2 Å². The summed E-state index contributed by atoms with van der Waals surface area (Å²) in [6, 6.07) is 16.8. The van der Waals surface area contributed by atoms with Crippen molar-refractivity contribution >= 4 is 29.3 Å². The molecule has 2 aliphatic heterocycles. The Hall–Kier alpha value is -3.32. The lowest BCUT2D eigenvalue weighted by molar-refractivity contribution is 0.0438. The van der Waals surface area contributed by atoms with Gasteiger partial charge >= 0.3 is 6.09 Å². The lowest BCUT2D eigenvalue weighted by Crippen LogP contribution is -2.37. The van der Waals surface area contributed by atoms with Crippen LogP contribution < -0.4 is 4.90 Å². The SMILES string of the molecule is O=C(c1ccccc1Cn1cccn1)N1CCCC2(CC1)CN(c1cccc(Cl)c1)C(=O)O2. The molecule has 1 unspecified atom stereocenters. The zero-order valence-electron chi connectivity index (χ0n) is 18.2. The van der Waals surface area contributed by atoms with Gasteiger partial charge in [0.1, 0.15) is 5.60 Å². The summed E-state index contributed by atoms with van der Waals surface area (Å²) in [5.74, 6) is 0.00540. The average molecular weight is 465 g/mol. The first-order valence-corrected chi connectivity index (χ1v) is 11.5. The maximum Gasteiger partial charge on any atom is 0.415 e. The molecule has 2 saturated heterocycles. The van der Waals surface area contributed by atoms with Gasteiger partial charge in [-0.15, -0.1) is 0 Å². The van der Waals surface area contributed by atoms with Crippen molar-refractivity contribution in [2.45, 2.75) is 31.4 Å². The maximum absolute atomic E-state index is 13.5. The minimum absolute atomic E-state index is 0.00540. The fraction of sp³-hybridized carbons (Fsp3) is 0.320. The standard InChI is InChI=1S/C25H25ClN4O3/c26-20-7-3-8-21(16-20)30-18-25(33-24(30)32)10-4-13-28(15-11-25)23(31)22-9-2-1-6-19(22)17-29-14-5-12-27-29/h1-3,5-9,12,14,16H,4,10-11,13,15,17-18H2. The molecule has 0 bridgehead atoms. The number of ether oxygens (including phenoxy) is 1. The van der Waals surface area contributed by atoms with Gasteiger partial charge in [0.2, 0.25) is 0 Å². The van der Waals surface area contributed by atoms with Gasteiger partial charge in [0.15, 0.2) is 0 Å². The van der Waals surface area contributed by atoms with Crippen LogP contribution in [0.1, 0.15) is 35.2 Å². The first-order chi connectivity index (χ1) is 16.0. The molecule has 1 atom stereocenters. The second-order valence-electron chi connectivity index (χ2n) is 8.62. The molecule has 0 radical (unpaired) electrons. The Labute approximate surface area is 197 Å². The van der Waals surface area contributed by atoms with Crippen LogP contribution >= 0.6 is 11.6 Å². The Bertz CT molecular complexity index is 1170. The molecule has 2 aromatic carbocycles. The van der Waals surface area contributed by atoms with E-state index < -0.39 is 5.60 Å². The molecular formula is C25H25ClN4O3. The minimum Gasteiger partial charge on any atom is -0.441 e. The number of anilines is 1. The van der Waals surface area contributed by atoms with E-state index in [0.29, 0.717) is 49.6 Å². The molecule has 2 aliphatic rings. The number of rotatable bonds is 4. The number of halogens is 1. The van der Waals surface area contributed by atoms with Crippen LogP contribution in [0.5, 0.6) is 0 Å². The molecule has 170 valence electrons. The van der Waals surface area contributed by atoms with Crippen LogP contribution in [0.25, 0.3) is 0 Å². The number of carbonyl (C=O) groups excluding carboxylic acids is 2. The number of likely N-dealkylation sites (tertiary alicyclic amines) is 1. The normalized spacial score (nSPS) is 20.7. The first-order valence-electron chi connectivity index (χ1n) is 11.1. The summed E-state index contributed by atoms with van der Waals surface area (Å²) >= 11 is 6.12. The summed E-state index contributed by atoms with van der Waals surface area (Å²) in [5, 5.41) is 4.84. The lowest BCUT2D eigenvalue weighted by atomic mass is 9.95. The number of carbonyl (C=O) groups is 2. The molecule has 3 aromatic rings. The van der Waals surface area contributed by atoms with E-state index in [2.05, 4.69) is 5.10 Å². The van der Waals surface area contributed by atoms with E-state index >= 15 is 0 Å². The number of nitrogens with zero attached hydrogens (tertiary/aromatic N) is 4. The predicted molar refractivity (Wildman–Crippen MR) is 126 cm³/mol. The zero-order valence-corrected chi connectivity index (χ0v) is 18.9. The van der Waals surface area contributed by atoms with E-state index in [0.717, 1.165) is 17.7 Å². The molecule has 0 N–H and O–H groups in total. The topological polar surface area (TPSA) is 67.7 Å². The number of hydrogen-bond acceptors (Lipinski definition) is 4. The van der Waals surface area contributed by atoms with Gasteiger partial charge < -0.3 is 9.64 Å². The van der Waals surface area contributed by atoms with Crippen molar-refractivity contribution in [3.8, 4) is 0 Å². The Morgan fingerprint density at radius 3 is 2.79 bits per heavy atom. The van der Waals surface area contributed by atoms with Gasteiger partial charge in [0, 0.05) is 48.2 Å². The molecule has 33 heavy (non-hydrogen) atoms. The summed E-state index contributed by atoms with van der Waals surface area (Å²) in [4.78, 5) is 29.7. The quantitative estimate of drug-likeness (QED) is 0.565. The third kappa shape index (κ3) is 4.46. The van der Waals surface area contributed by atoms with Crippen molar-refractivity contribution in [3.05, 3.63) is 83.1 Å². The van der Waals surface area contributed by atoms with Gasteiger partial charge in [-0.2, -0.15) is 5.10 Å². The second kappa shape index (κ2) is 8.90. The molecule has 0 saturated carbocycles. The van der Waals surface area contributed by atoms with Crippen molar-refractivity contribution in [1.82, 2.24) is 14.7 Å². The van der Waals surface area contributed by atoms with Crippen molar-refractivity contribution in [3.63, 3.8) is 0 Å². The summed E-state index contributed by atoms with van der Waals surface area (Å²) in [6.45, 7) is 2.17. The van der Waals surface area contributed by atoms with Gasteiger partial charge in [-0.25, -0.2) is 4.79 Å². The molecular weight excluding hydrogens is 440 g/mol. The van der Waals surface area contributed by atoms with Crippen LogP contribution in [-0.4, -0.2) is 51.9 Å². The largest absolute Gasteiger partial charge is 0.441 e. The van der Waals surface area contributed by atoms with Gasteiger partial charge in [-0.1, -0.05) is 35.9 Å². The summed E-state index contributed by atoms with van der Waals surface area (Å²) in [5.41, 5.74) is 1.76. The van der Waals surface area contributed by atoms with E-state index in [9.17, 15) is 9.59 Å². The molecule has 5 rings (SSSR count). The fourth-order valence-electron chi connectivity index (χ4n) is 4.70. The summed E-state index contributed by atoms with van der Waals surface area (Å²) < 4.78 is 7.71. The van der Waals surface area contributed by atoms with Crippen molar-refractivity contribution in [2.24, 2.45) is 0 Å².